The number of hydrogen-bond donors (Lipinski definition) is 1. The smallest absolute Gasteiger partial charge is 0.146 e. The Labute approximate surface area is 120 Å². The van der Waals surface area contributed by atoms with E-state index in [1.165, 1.54) is 31.4 Å². The molecule has 2 atom stereocenters. The van der Waals surface area contributed by atoms with E-state index >= 15 is 0 Å². The SMILES string of the molecule is Cc1cc(F)c(NC2CCCC(CC(C)C)C2)cc1F. The van der Waals surface area contributed by atoms with Crippen LogP contribution in [0.25, 0.3) is 0 Å². The highest BCUT2D eigenvalue weighted by Crippen LogP contribution is 2.31. The van der Waals surface area contributed by atoms with E-state index in [1.54, 1.807) is 6.92 Å². The average Bonchev–Trinajstić information content (AvgIpc) is 2.35. The third-order valence-electron chi connectivity index (χ3n) is 4.20. The zero-order valence-electron chi connectivity index (χ0n) is 12.7. The van der Waals surface area contributed by atoms with E-state index in [4.69, 9.17) is 0 Å². The molecule has 1 saturated carbocycles. The Bertz CT molecular complexity index is 457. The van der Waals surface area contributed by atoms with Crippen LogP contribution in [0.1, 0.15) is 51.5 Å². The fraction of sp³-hybridized carbons (Fsp3) is 0.647. The van der Waals surface area contributed by atoms with Crippen molar-refractivity contribution >= 4 is 5.69 Å². The highest BCUT2D eigenvalue weighted by Gasteiger charge is 2.23. The van der Waals surface area contributed by atoms with Crippen molar-refractivity contribution in [2.45, 2.75) is 58.9 Å². The van der Waals surface area contributed by atoms with E-state index in [-0.39, 0.29) is 17.7 Å². The second-order valence-corrected chi connectivity index (χ2v) is 6.58. The van der Waals surface area contributed by atoms with Gasteiger partial charge in [-0.1, -0.05) is 26.7 Å². The van der Waals surface area contributed by atoms with E-state index in [1.807, 2.05) is 0 Å². The maximum atomic E-state index is 13.9. The van der Waals surface area contributed by atoms with Gasteiger partial charge in [0.25, 0.3) is 0 Å². The molecule has 0 aromatic heterocycles. The number of anilines is 1. The molecule has 1 aromatic carbocycles. The van der Waals surface area contributed by atoms with Crippen LogP contribution in [0.3, 0.4) is 0 Å². The summed E-state index contributed by atoms with van der Waals surface area (Å²) in [4.78, 5) is 0. The van der Waals surface area contributed by atoms with E-state index in [0.717, 1.165) is 12.8 Å². The molecule has 0 saturated heterocycles. The molecular formula is C17H25F2N. The summed E-state index contributed by atoms with van der Waals surface area (Å²) in [7, 11) is 0. The lowest BCUT2D eigenvalue weighted by Crippen LogP contribution is -2.28. The molecule has 1 nitrogen and oxygen atoms in total. The van der Waals surface area contributed by atoms with Crippen molar-refractivity contribution in [3.05, 3.63) is 29.3 Å². The standard InChI is InChI=1S/C17H25F2N/c1-11(2)7-13-5-4-6-14(9-13)20-17-10-15(18)12(3)8-16(17)19/h8,10-11,13-14,20H,4-7,9H2,1-3H3. The molecule has 1 aliphatic carbocycles. The van der Waals surface area contributed by atoms with Crippen molar-refractivity contribution in [2.24, 2.45) is 11.8 Å². The number of aryl methyl sites for hydroxylation is 1. The monoisotopic (exact) mass is 281 g/mol. The second-order valence-electron chi connectivity index (χ2n) is 6.58. The molecule has 112 valence electrons. The van der Waals surface area contributed by atoms with E-state index in [2.05, 4.69) is 19.2 Å². The number of nitrogens with one attached hydrogen (secondary N) is 1. The van der Waals surface area contributed by atoms with Gasteiger partial charge in [0.1, 0.15) is 11.6 Å². The molecule has 1 aromatic rings. The molecule has 0 amide bonds. The normalized spacial score (nSPS) is 23.1. The number of hydrogen-bond acceptors (Lipinski definition) is 1. The Morgan fingerprint density at radius 1 is 1.20 bits per heavy atom. The third kappa shape index (κ3) is 3.94. The minimum absolute atomic E-state index is 0.268. The highest BCUT2D eigenvalue weighted by molar-refractivity contribution is 5.47. The molecule has 0 radical (unpaired) electrons. The van der Waals surface area contributed by atoms with E-state index in [9.17, 15) is 8.78 Å². The summed E-state index contributed by atoms with van der Waals surface area (Å²) in [6.45, 7) is 6.07. The summed E-state index contributed by atoms with van der Waals surface area (Å²) in [6, 6.07) is 2.83. The highest BCUT2D eigenvalue weighted by atomic mass is 19.1. The zero-order chi connectivity index (χ0) is 14.7. The predicted molar refractivity (Wildman–Crippen MR) is 79.9 cm³/mol. The van der Waals surface area contributed by atoms with Gasteiger partial charge in [0.2, 0.25) is 0 Å². The average molecular weight is 281 g/mol. The van der Waals surface area contributed by atoms with Crippen molar-refractivity contribution in [2.75, 3.05) is 5.32 Å². The Morgan fingerprint density at radius 3 is 2.65 bits per heavy atom. The summed E-state index contributed by atoms with van der Waals surface area (Å²) in [5, 5.41) is 3.21. The zero-order valence-corrected chi connectivity index (χ0v) is 12.7. The fourth-order valence-electron chi connectivity index (χ4n) is 3.28. The van der Waals surface area contributed by atoms with Crippen LogP contribution in [0.5, 0.6) is 0 Å². The summed E-state index contributed by atoms with van der Waals surface area (Å²) in [5.74, 6) is 0.713. The Kier molecular flexibility index (Phi) is 5.00. The quantitative estimate of drug-likeness (QED) is 0.790. The van der Waals surface area contributed by atoms with Gasteiger partial charge in [0.15, 0.2) is 0 Å². The molecule has 0 aliphatic heterocycles. The summed E-state index contributed by atoms with van der Waals surface area (Å²) in [5.41, 5.74) is 0.665. The first-order valence-electron chi connectivity index (χ1n) is 7.68. The van der Waals surface area contributed by atoms with Gasteiger partial charge in [-0.05, 0) is 49.7 Å². The first kappa shape index (κ1) is 15.3. The van der Waals surface area contributed by atoms with Gasteiger partial charge < -0.3 is 5.32 Å². The molecule has 0 heterocycles. The first-order valence-corrected chi connectivity index (χ1v) is 7.68. The lowest BCUT2D eigenvalue weighted by Gasteiger charge is -2.31. The number of rotatable bonds is 4. The molecule has 1 fully saturated rings. The fourth-order valence-corrected chi connectivity index (χ4v) is 3.28. The molecule has 2 unspecified atom stereocenters. The van der Waals surface area contributed by atoms with Gasteiger partial charge in [-0.2, -0.15) is 0 Å². The van der Waals surface area contributed by atoms with Gasteiger partial charge in [0, 0.05) is 12.1 Å². The maximum absolute atomic E-state index is 13.9. The van der Waals surface area contributed by atoms with Crippen LogP contribution in [0, 0.1) is 30.4 Å². The molecule has 1 aliphatic rings. The lowest BCUT2D eigenvalue weighted by atomic mass is 9.81. The van der Waals surface area contributed by atoms with Crippen LogP contribution in [0.4, 0.5) is 14.5 Å². The van der Waals surface area contributed by atoms with Crippen LogP contribution in [-0.4, -0.2) is 6.04 Å². The maximum Gasteiger partial charge on any atom is 0.146 e. The minimum Gasteiger partial charge on any atom is -0.380 e. The van der Waals surface area contributed by atoms with Crippen molar-refractivity contribution in [3.8, 4) is 0 Å². The predicted octanol–water partition coefficient (Wildman–Crippen LogP) is 5.29. The minimum atomic E-state index is -0.352. The van der Waals surface area contributed by atoms with Crippen molar-refractivity contribution < 1.29 is 8.78 Å². The van der Waals surface area contributed by atoms with Crippen LogP contribution >= 0.6 is 0 Å². The Morgan fingerprint density at radius 2 is 1.95 bits per heavy atom. The summed E-state index contributed by atoms with van der Waals surface area (Å²) < 4.78 is 27.4. The van der Waals surface area contributed by atoms with Gasteiger partial charge >= 0.3 is 0 Å². The Balaban J connectivity index is 2.01. The van der Waals surface area contributed by atoms with Crippen molar-refractivity contribution in [3.63, 3.8) is 0 Å². The van der Waals surface area contributed by atoms with Gasteiger partial charge in [-0.15, -0.1) is 0 Å². The largest absolute Gasteiger partial charge is 0.380 e. The van der Waals surface area contributed by atoms with E-state index < -0.39 is 0 Å². The van der Waals surface area contributed by atoms with Crippen molar-refractivity contribution in [1.82, 2.24) is 0 Å². The second kappa shape index (κ2) is 6.55. The lowest BCUT2D eigenvalue weighted by molar-refractivity contribution is 0.288. The molecule has 1 N–H and O–H groups in total. The summed E-state index contributed by atoms with van der Waals surface area (Å²) >= 11 is 0. The van der Waals surface area contributed by atoms with E-state index in [0.29, 0.717) is 23.1 Å². The molecular weight excluding hydrogens is 256 g/mol. The summed E-state index contributed by atoms with van der Waals surface area (Å²) in [6.07, 6.45) is 5.77. The van der Waals surface area contributed by atoms with Gasteiger partial charge in [-0.3, -0.25) is 0 Å². The van der Waals surface area contributed by atoms with Crippen molar-refractivity contribution in [1.29, 1.82) is 0 Å². The molecule has 2 rings (SSSR count). The van der Waals surface area contributed by atoms with Crippen LogP contribution in [0.15, 0.2) is 12.1 Å². The molecule has 3 heteroatoms. The topological polar surface area (TPSA) is 12.0 Å². The van der Waals surface area contributed by atoms with Crippen LogP contribution in [0.2, 0.25) is 0 Å². The number of benzene rings is 1. The Hall–Kier alpha value is -1.12. The van der Waals surface area contributed by atoms with Gasteiger partial charge in [-0.25, -0.2) is 8.78 Å². The molecule has 20 heavy (non-hydrogen) atoms. The van der Waals surface area contributed by atoms with Crippen LogP contribution in [-0.2, 0) is 0 Å². The number of halogens is 2. The third-order valence-corrected chi connectivity index (χ3v) is 4.20. The molecule has 0 spiro atoms. The molecule has 0 bridgehead atoms. The van der Waals surface area contributed by atoms with Gasteiger partial charge in [0.05, 0.1) is 5.69 Å². The first-order chi connectivity index (χ1) is 9.45. The van der Waals surface area contributed by atoms with Crippen LogP contribution < -0.4 is 5.32 Å².